The number of aromatic carboxylic acids is 1. The average Bonchev–Trinajstić information content (AvgIpc) is 2.46. The molecule has 114 valence electrons. The molecule has 2 amide bonds. The van der Waals surface area contributed by atoms with Crippen LogP contribution in [0.15, 0.2) is 18.2 Å². The molecule has 7 heteroatoms. The van der Waals surface area contributed by atoms with E-state index in [1.165, 1.54) is 12.1 Å². The van der Waals surface area contributed by atoms with Crippen molar-refractivity contribution >= 4 is 29.4 Å². The van der Waals surface area contributed by atoms with Gasteiger partial charge < -0.3 is 15.7 Å². The normalized spacial score (nSPS) is 15.5. The van der Waals surface area contributed by atoms with E-state index in [1.807, 2.05) is 11.8 Å². The molecule has 1 aliphatic rings. The van der Waals surface area contributed by atoms with Crippen LogP contribution in [0.3, 0.4) is 0 Å². The first kappa shape index (κ1) is 15.6. The summed E-state index contributed by atoms with van der Waals surface area (Å²) in [5.74, 6) is 0.364. The lowest BCUT2D eigenvalue weighted by Crippen LogP contribution is -2.34. The third-order valence-corrected chi connectivity index (χ3v) is 4.42. The molecule has 5 nitrogen and oxygen atoms in total. The van der Waals surface area contributed by atoms with Crippen molar-refractivity contribution in [3.63, 3.8) is 0 Å². The van der Waals surface area contributed by atoms with Crippen LogP contribution in [-0.2, 0) is 0 Å². The SMILES string of the molecule is O=C(NCC1CCSCC1)Nc1cccc(F)c1C(=O)O. The van der Waals surface area contributed by atoms with Crippen molar-refractivity contribution in [3.8, 4) is 0 Å². The van der Waals surface area contributed by atoms with Gasteiger partial charge in [-0.05, 0) is 42.4 Å². The predicted octanol–water partition coefficient (Wildman–Crippen LogP) is 2.79. The molecule has 1 heterocycles. The number of halogens is 1. The van der Waals surface area contributed by atoms with Gasteiger partial charge in [-0.2, -0.15) is 11.8 Å². The van der Waals surface area contributed by atoms with E-state index in [-0.39, 0.29) is 5.69 Å². The van der Waals surface area contributed by atoms with Crippen LogP contribution in [0.1, 0.15) is 23.2 Å². The molecule has 1 aromatic carbocycles. The van der Waals surface area contributed by atoms with Crippen molar-refractivity contribution in [2.75, 3.05) is 23.4 Å². The summed E-state index contributed by atoms with van der Waals surface area (Å²) in [5.41, 5.74) is -0.569. The van der Waals surface area contributed by atoms with E-state index < -0.39 is 23.4 Å². The number of hydrogen-bond donors (Lipinski definition) is 3. The molecular weight excluding hydrogens is 295 g/mol. The minimum absolute atomic E-state index is 0.0424. The van der Waals surface area contributed by atoms with Gasteiger partial charge in [-0.25, -0.2) is 14.0 Å². The molecule has 1 fully saturated rings. The Kier molecular flexibility index (Phi) is 5.44. The van der Waals surface area contributed by atoms with Gasteiger partial charge in [0.2, 0.25) is 0 Å². The number of amides is 2. The molecule has 2 rings (SSSR count). The van der Waals surface area contributed by atoms with Crippen molar-refractivity contribution in [3.05, 3.63) is 29.6 Å². The van der Waals surface area contributed by atoms with E-state index in [0.717, 1.165) is 30.4 Å². The number of benzene rings is 1. The lowest BCUT2D eigenvalue weighted by atomic mass is 10.0. The zero-order chi connectivity index (χ0) is 15.2. The van der Waals surface area contributed by atoms with Crippen molar-refractivity contribution in [1.29, 1.82) is 0 Å². The number of carboxylic acids is 1. The second-order valence-electron chi connectivity index (χ2n) is 4.86. The Bertz CT molecular complexity index is 533. The van der Waals surface area contributed by atoms with E-state index in [1.54, 1.807) is 0 Å². The molecule has 21 heavy (non-hydrogen) atoms. The molecule has 0 aromatic heterocycles. The highest BCUT2D eigenvalue weighted by Crippen LogP contribution is 2.22. The Balaban J connectivity index is 1.93. The summed E-state index contributed by atoms with van der Waals surface area (Å²) in [6.07, 6.45) is 2.12. The van der Waals surface area contributed by atoms with Gasteiger partial charge in [-0.15, -0.1) is 0 Å². The number of rotatable bonds is 4. The second kappa shape index (κ2) is 7.31. The Morgan fingerprint density at radius 3 is 2.71 bits per heavy atom. The van der Waals surface area contributed by atoms with Crippen LogP contribution >= 0.6 is 11.8 Å². The first-order valence-electron chi connectivity index (χ1n) is 6.72. The van der Waals surface area contributed by atoms with Crippen LogP contribution in [0.4, 0.5) is 14.9 Å². The number of urea groups is 1. The standard InChI is InChI=1S/C14H17FN2O3S/c15-10-2-1-3-11(12(10)13(18)19)17-14(20)16-8-9-4-6-21-7-5-9/h1-3,9H,4-8H2,(H,18,19)(H2,16,17,20). The summed E-state index contributed by atoms with van der Waals surface area (Å²) in [4.78, 5) is 22.8. The van der Waals surface area contributed by atoms with Crippen LogP contribution in [0.25, 0.3) is 0 Å². The number of carbonyl (C=O) groups excluding carboxylic acids is 1. The molecule has 1 saturated heterocycles. The third-order valence-electron chi connectivity index (χ3n) is 3.37. The first-order valence-corrected chi connectivity index (χ1v) is 7.88. The highest BCUT2D eigenvalue weighted by molar-refractivity contribution is 7.99. The lowest BCUT2D eigenvalue weighted by molar-refractivity contribution is 0.0693. The minimum Gasteiger partial charge on any atom is -0.478 e. The Labute approximate surface area is 126 Å². The van der Waals surface area contributed by atoms with Crippen LogP contribution in [0.2, 0.25) is 0 Å². The zero-order valence-corrected chi connectivity index (χ0v) is 12.2. The molecule has 0 bridgehead atoms. The van der Waals surface area contributed by atoms with Crippen molar-refractivity contribution in [1.82, 2.24) is 5.32 Å². The van der Waals surface area contributed by atoms with Crippen molar-refractivity contribution in [2.24, 2.45) is 5.92 Å². The van der Waals surface area contributed by atoms with Gasteiger partial charge in [0.1, 0.15) is 11.4 Å². The Hall–Kier alpha value is -1.76. The minimum atomic E-state index is -1.41. The molecule has 0 spiro atoms. The third kappa shape index (κ3) is 4.35. The fraction of sp³-hybridized carbons (Fsp3) is 0.429. The second-order valence-corrected chi connectivity index (χ2v) is 6.08. The highest BCUT2D eigenvalue weighted by Gasteiger charge is 2.18. The molecule has 1 aliphatic heterocycles. The summed E-state index contributed by atoms with van der Waals surface area (Å²) in [6, 6.07) is 3.26. The summed E-state index contributed by atoms with van der Waals surface area (Å²) in [6.45, 7) is 0.546. The average molecular weight is 312 g/mol. The van der Waals surface area contributed by atoms with E-state index in [4.69, 9.17) is 5.11 Å². The number of nitrogens with one attached hydrogen (secondary N) is 2. The van der Waals surface area contributed by atoms with Gasteiger partial charge in [0.15, 0.2) is 0 Å². The Morgan fingerprint density at radius 1 is 1.33 bits per heavy atom. The highest BCUT2D eigenvalue weighted by atomic mass is 32.2. The Morgan fingerprint density at radius 2 is 2.05 bits per heavy atom. The van der Waals surface area contributed by atoms with Gasteiger partial charge in [-0.1, -0.05) is 6.07 Å². The predicted molar refractivity (Wildman–Crippen MR) is 80.4 cm³/mol. The number of thioether (sulfide) groups is 1. The summed E-state index contributed by atoms with van der Waals surface area (Å²) in [7, 11) is 0. The maximum Gasteiger partial charge on any atom is 0.340 e. The molecule has 0 radical (unpaired) electrons. The topological polar surface area (TPSA) is 78.4 Å². The lowest BCUT2D eigenvalue weighted by Gasteiger charge is -2.21. The molecule has 0 unspecified atom stereocenters. The maximum atomic E-state index is 13.5. The van der Waals surface area contributed by atoms with Crippen LogP contribution in [0.5, 0.6) is 0 Å². The number of carboxylic acid groups (broad SMARTS) is 1. The molecule has 3 N–H and O–H groups in total. The number of hydrogen-bond acceptors (Lipinski definition) is 3. The fourth-order valence-electron chi connectivity index (χ4n) is 2.20. The van der Waals surface area contributed by atoms with Gasteiger partial charge in [0, 0.05) is 6.54 Å². The van der Waals surface area contributed by atoms with Gasteiger partial charge in [-0.3, -0.25) is 0 Å². The molecule has 0 aliphatic carbocycles. The van der Waals surface area contributed by atoms with Gasteiger partial charge >= 0.3 is 12.0 Å². The van der Waals surface area contributed by atoms with Crippen LogP contribution in [-0.4, -0.2) is 35.2 Å². The summed E-state index contributed by atoms with van der Waals surface area (Å²) >= 11 is 1.91. The number of anilines is 1. The van der Waals surface area contributed by atoms with E-state index >= 15 is 0 Å². The smallest absolute Gasteiger partial charge is 0.340 e. The van der Waals surface area contributed by atoms with E-state index in [2.05, 4.69) is 10.6 Å². The molecule has 1 aromatic rings. The quantitative estimate of drug-likeness (QED) is 0.799. The molecular formula is C14H17FN2O3S. The van der Waals surface area contributed by atoms with Crippen LogP contribution in [0, 0.1) is 11.7 Å². The molecule has 0 saturated carbocycles. The van der Waals surface area contributed by atoms with E-state index in [0.29, 0.717) is 12.5 Å². The van der Waals surface area contributed by atoms with E-state index in [9.17, 15) is 14.0 Å². The monoisotopic (exact) mass is 312 g/mol. The van der Waals surface area contributed by atoms with Crippen LogP contribution < -0.4 is 10.6 Å². The fourth-order valence-corrected chi connectivity index (χ4v) is 3.40. The first-order chi connectivity index (χ1) is 10.1. The number of carbonyl (C=O) groups is 2. The largest absolute Gasteiger partial charge is 0.478 e. The maximum absolute atomic E-state index is 13.5. The summed E-state index contributed by atoms with van der Waals surface area (Å²) in [5, 5.41) is 14.1. The van der Waals surface area contributed by atoms with Crippen molar-refractivity contribution < 1.29 is 19.1 Å². The van der Waals surface area contributed by atoms with Gasteiger partial charge in [0.25, 0.3) is 0 Å². The van der Waals surface area contributed by atoms with Crippen molar-refractivity contribution in [2.45, 2.75) is 12.8 Å². The zero-order valence-electron chi connectivity index (χ0n) is 11.4. The summed E-state index contributed by atoms with van der Waals surface area (Å²) < 4.78 is 13.5. The van der Waals surface area contributed by atoms with Gasteiger partial charge in [0.05, 0.1) is 5.69 Å². The molecule has 0 atom stereocenters.